The van der Waals surface area contributed by atoms with Crippen LogP contribution in [0.4, 0.5) is 5.95 Å². The predicted octanol–water partition coefficient (Wildman–Crippen LogP) is 2.54. The fourth-order valence-electron chi connectivity index (χ4n) is 1.62. The van der Waals surface area contributed by atoms with Crippen LogP contribution in [0.25, 0.3) is 10.9 Å². The van der Waals surface area contributed by atoms with Crippen molar-refractivity contribution in [2.24, 2.45) is 0 Å². The first-order chi connectivity index (χ1) is 8.37. The summed E-state index contributed by atoms with van der Waals surface area (Å²) in [5, 5.41) is 13.0. The molecular formula is C13H15N3O2. The molecule has 18 heavy (non-hydrogen) atoms. The van der Waals surface area contributed by atoms with E-state index in [1.165, 1.54) is 0 Å². The number of anilines is 1. The number of para-hydroxylation sites is 1. The molecule has 94 valence electrons. The monoisotopic (exact) mass is 245 g/mol. The number of aromatic nitrogens is 2. The van der Waals surface area contributed by atoms with E-state index in [9.17, 15) is 4.79 Å². The number of fused-ring (bicyclic) bond motifs is 1. The molecule has 0 fully saturated rings. The smallest absolute Gasteiger partial charge is 0.337 e. The quantitative estimate of drug-likeness (QED) is 0.850. The molecular weight excluding hydrogens is 230 g/mol. The van der Waals surface area contributed by atoms with Crippen LogP contribution in [0.1, 0.15) is 31.1 Å². The zero-order valence-electron chi connectivity index (χ0n) is 10.6. The van der Waals surface area contributed by atoms with Crippen molar-refractivity contribution in [3.8, 4) is 0 Å². The third kappa shape index (κ3) is 2.56. The molecule has 2 rings (SSSR count). The second-order valence-corrected chi connectivity index (χ2v) is 5.12. The van der Waals surface area contributed by atoms with Gasteiger partial charge in [0.15, 0.2) is 0 Å². The number of nitrogens with zero attached hydrogens (tertiary/aromatic N) is 2. The van der Waals surface area contributed by atoms with Crippen LogP contribution in [0, 0.1) is 0 Å². The summed E-state index contributed by atoms with van der Waals surface area (Å²) in [6.45, 7) is 5.97. The molecule has 2 N–H and O–H groups in total. The van der Waals surface area contributed by atoms with Crippen molar-refractivity contribution in [3.05, 3.63) is 30.0 Å². The topological polar surface area (TPSA) is 75.1 Å². The first-order valence-corrected chi connectivity index (χ1v) is 5.64. The van der Waals surface area contributed by atoms with Crippen LogP contribution in [0.5, 0.6) is 0 Å². The predicted molar refractivity (Wildman–Crippen MR) is 69.9 cm³/mol. The molecule has 1 heterocycles. The van der Waals surface area contributed by atoms with Crippen molar-refractivity contribution in [1.82, 2.24) is 9.97 Å². The van der Waals surface area contributed by atoms with Crippen LogP contribution >= 0.6 is 0 Å². The van der Waals surface area contributed by atoms with Gasteiger partial charge in [-0.25, -0.2) is 14.8 Å². The van der Waals surface area contributed by atoms with Gasteiger partial charge in [0.1, 0.15) is 0 Å². The lowest BCUT2D eigenvalue weighted by Gasteiger charge is -2.20. The Morgan fingerprint density at radius 1 is 1.33 bits per heavy atom. The molecule has 0 aliphatic heterocycles. The Hall–Kier alpha value is -2.17. The average molecular weight is 245 g/mol. The molecule has 0 spiro atoms. The molecule has 0 atom stereocenters. The van der Waals surface area contributed by atoms with Crippen molar-refractivity contribution in [2.75, 3.05) is 5.32 Å². The van der Waals surface area contributed by atoms with Gasteiger partial charge in [0, 0.05) is 17.1 Å². The van der Waals surface area contributed by atoms with Gasteiger partial charge in [-0.3, -0.25) is 0 Å². The fraction of sp³-hybridized carbons (Fsp3) is 0.308. The van der Waals surface area contributed by atoms with E-state index in [0.717, 1.165) is 0 Å². The maximum atomic E-state index is 11.1. The maximum Gasteiger partial charge on any atom is 0.337 e. The van der Waals surface area contributed by atoms with E-state index >= 15 is 0 Å². The maximum absolute atomic E-state index is 11.1. The van der Waals surface area contributed by atoms with Gasteiger partial charge < -0.3 is 10.4 Å². The lowest BCUT2D eigenvalue weighted by atomic mass is 10.1. The summed E-state index contributed by atoms with van der Waals surface area (Å²) in [6, 6.07) is 5.02. The number of carbonyl (C=O) groups is 1. The number of hydrogen-bond acceptors (Lipinski definition) is 4. The van der Waals surface area contributed by atoms with Crippen molar-refractivity contribution >= 4 is 22.8 Å². The van der Waals surface area contributed by atoms with Gasteiger partial charge in [-0.05, 0) is 26.8 Å². The SMILES string of the molecule is CC(C)(C)Nc1ncc2cccc(C(=O)O)c2n1. The Labute approximate surface area is 105 Å². The van der Waals surface area contributed by atoms with E-state index in [-0.39, 0.29) is 11.1 Å². The number of rotatable bonds is 2. The van der Waals surface area contributed by atoms with E-state index in [4.69, 9.17) is 5.11 Å². The molecule has 0 aliphatic rings. The lowest BCUT2D eigenvalue weighted by molar-refractivity contribution is 0.0699. The van der Waals surface area contributed by atoms with Crippen LogP contribution < -0.4 is 5.32 Å². The lowest BCUT2D eigenvalue weighted by Crippen LogP contribution is -2.27. The molecule has 1 aromatic heterocycles. The summed E-state index contributed by atoms with van der Waals surface area (Å²) in [7, 11) is 0. The molecule has 0 aliphatic carbocycles. The number of carboxylic acid groups (broad SMARTS) is 1. The van der Waals surface area contributed by atoms with Crippen molar-refractivity contribution in [1.29, 1.82) is 0 Å². The summed E-state index contributed by atoms with van der Waals surface area (Å²) in [6.07, 6.45) is 1.63. The van der Waals surface area contributed by atoms with Gasteiger partial charge in [0.25, 0.3) is 0 Å². The summed E-state index contributed by atoms with van der Waals surface area (Å²) >= 11 is 0. The molecule has 1 aromatic carbocycles. The third-order valence-corrected chi connectivity index (χ3v) is 2.33. The summed E-state index contributed by atoms with van der Waals surface area (Å²) < 4.78 is 0. The highest BCUT2D eigenvalue weighted by molar-refractivity contribution is 6.01. The average Bonchev–Trinajstić information content (AvgIpc) is 2.25. The number of hydrogen-bond donors (Lipinski definition) is 2. The number of carboxylic acids is 1. The summed E-state index contributed by atoms with van der Waals surface area (Å²) in [5.74, 6) is -0.551. The van der Waals surface area contributed by atoms with Gasteiger partial charge in [-0.1, -0.05) is 12.1 Å². The van der Waals surface area contributed by atoms with Crippen LogP contribution in [-0.4, -0.2) is 26.6 Å². The highest BCUT2D eigenvalue weighted by Gasteiger charge is 2.14. The van der Waals surface area contributed by atoms with Crippen LogP contribution in [-0.2, 0) is 0 Å². The number of benzene rings is 1. The van der Waals surface area contributed by atoms with Gasteiger partial charge in [-0.15, -0.1) is 0 Å². The Morgan fingerprint density at radius 3 is 2.67 bits per heavy atom. The van der Waals surface area contributed by atoms with Crippen LogP contribution in [0.15, 0.2) is 24.4 Å². The standard InChI is InChI=1S/C13H15N3O2/c1-13(2,3)16-12-14-7-8-5-4-6-9(11(17)18)10(8)15-12/h4-7H,1-3H3,(H,17,18)(H,14,15,16). The Balaban J connectivity index is 2.55. The van der Waals surface area contributed by atoms with Crippen LogP contribution in [0.2, 0.25) is 0 Å². The largest absolute Gasteiger partial charge is 0.478 e. The molecule has 0 saturated heterocycles. The molecule has 2 aromatic rings. The van der Waals surface area contributed by atoms with E-state index in [1.54, 1.807) is 24.4 Å². The molecule has 0 bridgehead atoms. The first-order valence-electron chi connectivity index (χ1n) is 5.64. The Kier molecular flexibility index (Phi) is 2.90. The Morgan fingerprint density at radius 2 is 2.06 bits per heavy atom. The second-order valence-electron chi connectivity index (χ2n) is 5.12. The van der Waals surface area contributed by atoms with E-state index < -0.39 is 5.97 Å². The number of nitrogens with one attached hydrogen (secondary N) is 1. The fourth-order valence-corrected chi connectivity index (χ4v) is 1.62. The minimum atomic E-state index is -0.985. The number of aromatic carboxylic acids is 1. The molecule has 0 unspecified atom stereocenters. The van der Waals surface area contributed by atoms with Gasteiger partial charge in [0.05, 0.1) is 11.1 Å². The summed E-state index contributed by atoms with van der Waals surface area (Å²) in [4.78, 5) is 19.6. The zero-order chi connectivity index (χ0) is 13.3. The molecule has 0 amide bonds. The van der Waals surface area contributed by atoms with Crippen LogP contribution in [0.3, 0.4) is 0 Å². The molecule has 0 saturated carbocycles. The molecule has 5 heteroatoms. The Bertz CT molecular complexity index is 603. The van der Waals surface area contributed by atoms with Crippen molar-refractivity contribution in [3.63, 3.8) is 0 Å². The van der Waals surface area contributed by atoms with E-state index in [2.05, 4.69) is 15.3 Å². The van der Waals surface area contributed by atoms with Crippen molar-refractivity contribution < 1.29 is 9.90 Å². The van der Waals surface area contributed by atoms with Gasteiger partial charge in [0.2, 0.25) is 5.95 Å². The zero-order valence-corrected chi connectivity index (χ0v) is 10.6. The first kappa shape index (κ1) is 12.3. The van der Waals surface area contributed by atoms with Gasteiger partial charge in [-0.2, -0.15) is 0 Å². The molecule has 0 radical (unpaired) electrons. The third-order valence-electron chi connectivity index (χ3n) is 2.33. The minimum absolute atomic E-state index is 0.175. The molecule has 5 nitrogen and oxygen atoms in total. The van der Waals surface area contributed by atoms with Crippen molar-refractivity contribution in [2.45, 2.75) is 26.3 Å². The second kappa shape index (κ2) is 4.25. The highest BCUT2D eigenvalue weighted by Crippen LogP contribution is 2.19. The van der Waals surface area contributed by atoms with E-state index in [0.29, 0.717) is 16.9 Å². The summed E-state index contributed by atoms with van der Waals surface area (Å²) in [5.41, 5.74) is 0.463. The minimum Gasteiger partial charge on any atom is -0.478 e. The van der Waals surface area contributed by atoms with E-state index in [1.807, 2.05) is 20.8 Å². The van der Waals surface area contributed by atoms with Gasteiger partial charge >= 0.3 is 5.97 Å². The normalized spacial score (nSPS) is 11.5. The highest BCUT2D eigenvalue weighted by atomic mass is 16.4.